The van der Waals surface area contributed by atoms with Crippen LogP contribution in [-0.2, 0) is 11.3 Å². The Hall–Kier alpha value is -2.18. The first kappa shape index (κ1) is 16.3. The quantitative estimate of drug-likeness (QED) is 0.755. The first-order valence-corrected chi connectivity index (χ1v) is 9.52. The number of amides is 1. The van der Waals surface area contributed by atoms with Crippen LogP contribution in [0.2, 0.25) is 0 Å². The van der Waals surface area contributed by atoms with Gasteiger partial charge in [-0.1, -0.05) is 6.07 Å². The van der Waals surface area contributed by atoms with Crippen molar-refractivity contribution in [1.29, 1.82) is 0 Å². The smallest absolute Gasteiger partial charge is 0.221 e. The van der Waals surface area contributed by atoms with Crippen LogP contribution < -0.4 is 5.73 Å². The zero-order valence-electron chi connectivity index (χ0n) is 14.3. The highest BCUT2D eigenvalue weighted by Crippen LogP contribution is 2.34. The number of nitrogens with zero attached hydrogens (tertiary/aromatic N) is 2. The minimum Gasteiger partial charge on any atom is -0.369 e. The number of hydrogen-bond donors (Lipinski definition) is 2. The SMILES string of the molecule is Cc1cnc2[nH]c(-c3cccs3)c(CN3CCC[C@@H](C(N)=O)C3)c2c1. The van der Waals surface area contributed by atoms with Gasteiger partial charge in [-0.2, -0.15) is 0 Å². The standard InChI is InChI=1S/C19H22N4OS/c1-12-8-14-15(11-23-6-2-4-13(10-23)18(20)24)17(16-5-3-7-25-16)22-19(14)21-9-12/h3,5,7-9,13H,2,4,6,10-11H2,1H3,(H2,20,24)(H,21,22)/t13-/m1/s1. The summed E-state index contributed by atoms with van der Waals surface area (Å²) in [4.78, 5) is 23.2. The van der Waals surface area contributed by atoms with Crippen molar-refractivity contribution in [1.82, 2.24) is 14.9 Å². The van der Waals surface area contributed by atoms with Gasteiger partial charge in [0.1, 0.15) is 5.65 Å². The van der Waals surface area contributed by atoms with Gasteiger partial charge in [-0.05, 0) is 49.4 Å². The summed E-state index contributed by atoms with van der Waals surface area (Å²) >= 11 is 1.73. The summed E-state index contributed by atoms with van der Waals surface area (Å²) in [5.74, 6) is -0.219. The van der Waals surface area contributed by atoms with Gasteiger partial charge < -0.3 is 10.7 Å². The predicted octanol–water partition coefficient (Wildman–Crippen LogP) is 3.30. The van der Waals surface area contributed by atoms with Crippen LogP contribution in [0, 0.1) is 12.8 Å². The van der Waals surface area contributed by atoms with Crippen LogP contribution in [0.1, 0.15) is 24.0 Å². The molecule has 0 aliphatic carbocycles. The topological polar surface area (TPSA) is 75.0 Å². The Kier molecular flexibility index (Phi) is 4.31. The van der Waals surface area contributed by atoms with E-state index in [4.69, 9.17) is 5.73 Å². The third-order valence-electron chi connectivity index (χ3n) is 4.95. The van der Waals surface area contributed by atoms with E-state index in [0.29, 0.717) is 0 Å². The van der Waals surface area contributed by atoms with E-state index in [9.17, 15) is 4.79 Å². The van der Waals surface area contributed by atoms with Gasteiger partial charge in [-0.15, -0.1) is 11.3 Å². The number of pyridine rings is 1. The summed E-state index contributed by atoms with van der Waals surface area (Å²) < 4.78 is 0. The monoisotopic (exact) mass is 354 g/mol. The highest BCUT2D eigenvalue weighted by molar-refractivity contribution is 7.13. The molecule has 4 heterocycles. The van der Waals surface area contributed by atoms with Crippen molar-refractivity contribution in [2.45, 2.75) is 26.3 Å². The fourth-order valence-electron chi connectivity index (χ4n) is 3.68. The number of carbonyl (C=O) groups is 1. The molecule has 3 aromatic heterocycles. The molecule has 3 aromatic rings. The van der Waals surface area contributed by atoms with Crippen LogP contribution in [0.15, 0.2) is 29.8 Å². The summed E-state index contributed by atoms with van der Waals surface area (Å²) in [6, 6.07) is 6.40. The van der Waals surface area contributed by atoms with Crippen LogP contribution in [0.4, 0.5) is 0 Å². The number of aromatic amines is 1. The van der Waals surface area contributed by atoms with Gasteiger partial charge in [-0.25, -0.2) is 4.98 Å². The van der Waals surface area contributed by atoms with Crippen molar-refractivity contribution in [2.75, 3.05) is 13.1 Å². The van der Waals surface area contributed by atoms with E-state index in [1.165, 1.54) is 15.8 Å². The number of primary amides is 1. The average Bonchev–Trinajstić information content (AvgIpc) is 3.23. The molecule has 0 radical (unpaired) electrons. The van der Waals surface area contributed by atoms with E-state index in [1.807, 2.05) is 6.20 Å². The molecule has 0 bridgehead atoms. The Morgan fingerprint density at radius 1 is 1.52 bits per heavy atom. The summed E-state index contributed by atoms with van der Waals surface area (Å²) in [6.45, 7) is 4.62. The molecule has 0 spiro atoms. The molecule has 0 saturated carbocycles. The molecule has 0 unspecified atom stereocenters. The Morgan fingerprint density at radius 3 is 3.16 bits per heavy atom. The van der Waals surface area contributed by atoms with Crippen molar-refractivity contribution in [2.24, 2.45) is 11.7 Å². The van der Waals surface area contributed by atoms with Gasteiger partial charge in [0.25, 0.3) is 0 Å². The molecule has 4 rings (SSSR count). The van der Waals surface area contributed by atoms with Gasteiger partial charge in [0.15, 0.2) is 0 Å². The maximum absolute atomic E-state index is 11.6. The van der Waals surface area contributed by atoms with Gasteiger partial charge in [-0.3, -0.25) is 9.69 Å². The zero-order valence-corrected chi connectivity index (χ0v) is 15.1. The molecule has 25 heavy (non-hydrogen) atoms. The van der Waals surface area contributed by atoms with Crippen LogP contribution in [-0.4, -0.2) is 33.9 Å². The van der Waals surface area contributed by atoms with Crippen LogP contribution in [0.25, 0.3) is 21.6 Å². The summed E-state index contributed by atoms with van der Waals surface area (Å²) in [7, 11) is 0. The Labute approximate surface area is 150 Å². The third-order valence-corrected chi connectivity index (χ3v) is 5.84. The van der Waals surface area contributed by atoms with Gasteiger partial charge in [0.05, 0.1) is 16.5 Å². The lowest BCUT2D eigenvalue weighted by Crippen LogP contribution is -2.40. The fraction of sp³-hybridized carbons (Fsp3) is 0.368. The minimum absolute atomic E-state index is 0.0380. The first-order chi connectivity index (χ1) is 12.1. The third kappa shape index (κ3) is 3.19. The number of rotatable bonds is 4. The Morgan fingerprint density at radius 2 is 2.40 bits per heavy atom. The highest BCUT2D eigenvalue weighted by Gasteiger charge is 2.26. The van der Waals surface area contributed by atoms with Crippen LogP contribution in [0.3, 0.4) is 0 Å². The van der Waals surface area contributed by atoms with Crippen molar-refractivity contribution in [3.05, 3.63) is 40.9 Å². The van der Waals surface area contributed by atoms with E-state index < -0.39 is 0 Å². The number of fused-ring (bicyclic) bond motifs is 1. The molecule has 1 atom stereocenters. The second-order valence-electron chi connectivity index (χ2n) is 6.84. The lowest BCUT2D eigenvalue weighted by atomic mass is 9.96. The van der Waals surface area contributed by atoms with E-state index in [0.717, 1.165) is 49.4 Å². The average molecular weight is 354 g/mol. The van der Waals surface area contributed by atoms with Gasteiger partial charge in [0.2, 0.25) is 5.91 Å². The molecule has 1 fully saturated rings. The lowest BCUT2D eigenvalue weighted by molar-refractivity contribution is -0.123. The van der Waals surface area contributed by atoms with E-state index in [1.54, 1.807) is 11.3 Å². The summed E-state index contributed by atoms with van der Waals surface area (Å²) in [5.41, 5.74) is 10.0. The molecule has 5 nitrogen and oxygen atoms in total. The number of aromatic nitrogens is 2. The second kappa shape index (κ2) is 6.61. The molecule has 1 aliphatic rings. The number of likely N-dealkylation sites (tertiary alicyclic amines) is 1. The summed E-state index contributed by atoms with van der Waals surface area (Å²) in [6.07, 6.45) is 3.81. The van der Waals surface area contributed by atoms with Crippen LogP contribution >= 0.6 is 11.3 Å². The van der Waals surface area contributed by atoms with Gasteiger partial charge >= 0.3 is 0 Å². The minimum atomic E-state index is -0.181. The first-order valence-electron chi connectivity index (χ1n) is 8.64. The number of nitrogens with one attached hydrogen (secondary N) is 1. The Balaban J connectivity index is 1.73. The largest absolute Gasteiger partial charge is 0.369 e. The van der Waals surface area contributed by atoms with Crippen molar-refractivity contribution < 1.29 is 4.79 Å². The van der Waals surface area contributed by atoms with Crippen LogP contribution in [0.5, 0.6) is 0 Å². The lowest BCUT2D eigenvalue weighted by Gasteiger charge is -2.31. The number of aryl methyl sites for hydroxylation is 1. The van der Waals surface area contributed by atoms with E-state index in [2.05, 4.69) is 45.4 Å². The fourth-order valence-corrected chi connectivity index (χ4v) is 4.43. The molecular weight excluding hydrogens is 332 g/mol. The number of piperidine rings is 1. The molecule has 1 amide bonds. The Bertz CT molecular complexity index is 900. The van der Waals surface area contributed by atoms with E-state index >= 15 is 0 Å². The maximum atomic E-state index is 11.6. The predicted molar refractivity (Wildman–Crippen MR) is 101 cm³/mol. The summed E-state index contributed by atoms with van der Waals surface area (Å²) in [5, 5.41) is 3.26. The molecule has 3 N–H and O–H groups in total. The molecule has 6 heteroatoms. The molecule has 1 aliphatic heterocycles. The van der Waals surface area contributed by atoms with Gasteiger partial charge in [0, 0.05) is 30.2 Å². The second-order valence-corrected chi connectivity index (χ2v) is 7.79. The number of nitrogens with two attached hydrogens (primary N) is 1. The number of thiophene rings is 1. The van der Waals surface area contributed by atoms with Crippen molar-refractivity contribution in [3.63, 3.8) is 0 Å². The molecular formula is C19H22N4OS. The molecule has 1 saturated heterocycles. The van der Waals surface area contributed by atoms with Crippen molar-refractivity contribution >= 4 is 28.3 Å². The highest BCUT2D eigenvalue weighted by atomic mass is 32.1. The number of hydrogen-bond acceptors (Lipinski definition) is 4. The number of carbonyl (C=O) groups excluding carboxylic acids is 1. The number of H-pyrrole nitrogens is 1. The van der Waals surface area contributed by atoms with Crippen molar-refractivity contribution in [3.8, 4) is 10.6 Å². The normalized spacial score (nSPS) is 18.7. The molecule has 0 aromatic carbocycles. The van der Waals surface area contributed by atoms with E-state index in [-0.39, 0.29) is 11.8 Å². The molecule has 130 valence electrons. The zero-order chi connectivity index (χ0) is 17.4. The maximum Gasteiger partial charge on any atom is 0.221 e.